The van der Waals surface area contributed by atoms with Crippen LogP contribution in [0.25, 0.3) is 11.0 Å². The zero-order valence-corrected chi connectivity index (χ0v) is 16.1. The molecule has 0 aliphatic heterocycles. The zero-order valence-electron chi connectivity index (χ0n) is 15.4. The van der Waals surface area contributed by atoms with Crippen LogP contribution in [0.5, 0.6) is 0 Å². The van der Waals surface area contributed by atoms with Gasteiger partial charge in [-0.15, -0.1) is 0 Å². The Hall–Kier alpha value is -3.39. The van der Waals surface area contributed by atoms with E-state index in [0.29, 0.717) is 21.6 Å². The maximum Gasteiger partial charge on any atom is 0.294 e. The molecule has 0 aliphatic rings. The lowest BCUT2D eigenvalue weighted by Crippen LogP contribution is -2.21. The minimum atomic E-state index is -0.602. The van der Waals surface area contributed by atoms with Crippen molar-refractivity contribution in [2.24, 2.45) is 0 Å². The first-order valence-electron chi connectivity index (χ1n) is 8.25. The van der Waals surface area contributed by atoms with Gasteiger partial charge in [0.15, 0.2) is 0 Å². The lowest BCUT2D eigenvalue weighted by Gasteiger charge is -2.10. The molecule has 0 fully saturated rings. The Morgan fingerprint density at radius 2 is 1.86 bits per heavy atom. The number of hydrogen-bond donors (Lipinski definition) is 2. The quantitative estimate of drug-likeness (QED) is 0.698. The minimum Gasteiger partial charge on any atom is -0.449 e. The molecule has 28 heavy (non-hydrogen) atoms. The summed E-state index contributed by atoms with van der Waals surface area (Å²) in [6, 6.07) is 7.86. The third-order valence-electron chi connectivity index (χ3n) is 3.82. The van der Waals surface area contributed by atoms with Crippen LogP contribution < -0.4 is 10.6 Å². The van der Waals surface area contributed by atoms with E-state index in [0.717, 1.165) is 0 Å². The average molecular weight is 401 g/mol. The highest BCUT2D eigenvalue weighted by Crippen LogP contribution is 2.32. The fourth-order valence-corrected chi connectivity index (χ4v) is 2.68. The second-order valence-electron chi connectivity index (χ2n) is 6.21. The second kappa shape index (κ2) is 7.69. The van der Waals surface area contributed by atoms with E-state index >= 15 is 0 Å². The molecule has 3 rings (SSSR count). The summed E-state index contributed by atoms with van der Waals surface area (Å²) in [5.74, 6) is -1.03. The minimum absolute atomic E-state index is 0.101. The van der Waals surface area contributed by atoms with Crippen molar-refractivity contribution in [1.29, 1.82) is 0 Å². The van der Waals surface area contributed by atoms with Gasteiger partial charge in [-0.05, 0) is 30.3 Å². The molecular formula is C19H17ClN4O4. The summed E-state index contributed by atoms with van der Waals surface area (Å²) in [5, 5.41) is 6.07. The summed E-state index contributed by atoms with van der Waals surface area (Å²) < 4.78 is 5.65. The maximum atomic E-state index is 12.7. The lowest BCUT2D eigenvalue weighted by molar-refractivity contribution is -0.114. The standard InChI is InChI=1S/C19H17ClN4O4/c1-10(25)22-16-13-8-11(19(27)24(2)3)4-6-14(13)28-17(16)18(26)23-15-7-5-12(20)9-21-15/h4-9H,1-3H3,(H,22,25)(H,21,23,26). The third-order valence-corrected chi connectivity index (χ3v) is 4.04. The number of nitrogens with zero attached hydrogens (tertiary/aromatic N) is 2. The fourth-order valence-electron chi connectivity index (χ4n) is 2.57. The number of halogens is 1. The van der Waals surface area contributed by atoms with E-state index in [9.17, 15) is 14.4 Å². The topological polar surface area (TPSA) is 105 Å². The summed E-state index contributed by atoms with van der Waals surface area (Å²) in [7, 11) is 3.27. The number of furan rings is 1. The molecule has 8 nitrogen and oxygen atoms in total. The number of amides is 3. The van der Waals surface area contributed by atoms with Crippen molar-refractivity contribution in [1.82, 2.24) is 9.88 Å². The molecule has 0 unspecified atom stereocenters. The second-order valence-corrected chi connectivity index (χ2v) is 6.65. The molecule has 144 valence electrons. The van der Waals surface area contributed by atoms with Gasteiger partial charge in [0.05, 0.1) is 5.02 Å². The predicted octanol–water partition coefficient (Wildman–Crippen LogP) is 3.39. The highest BCUT2D eigenvalue weighted by atomic mass is 35.5. The van der Waals surface area contributed by atoms with Crippen LogP contribution in [0.15, 0.2) is 40.9 Å². The van der Waals surface area contributed by atoms with Gasteiger partial charge < -0.3 is 20.0 Å². The van der Waals surface area contributed by atoms with Gasteiger partial charge in [-0.25, -0.2) is 4.98 Å². The molecule has 0 radical (unpaired) electrons. The summed E-state index contributed by atoms with van der Waals surface area (Å²) in [6.07, 6.45) is 1.39. The van der Waals surface area contributed by atoms with Gasteiger partial charge in [0, 0.05) is 38.2 Å². The number of hydrogen-bond acceptors (Lipinski definition) is 5. The van der Waals surface area contributed by atoms with Crippen LogP contribution in [0.4, 0.5) is 11.5 Å². The third kappa shape index (κ3) is 3.96. The number of nitrogens with one attached hydrogen (secondary N) is 2. The van der Waals surface area contributed by atoms with E-state index in [1.807, 2.05) is 0 Å². The van der Waals surface area contributed by atoms with E-state index < -0.39 is 5.91 Å². The molecule has 2 N–H and O–H groups in total. The molecular weight excluding hydrogens is 384 g/mol. The maximum absolute atomic E-state index is 12.7. The van der Waals surface area contributed by atoms with Crippen molar-refractivity contribution in [2.75, 3.05) is 24.7 Å². The number of pyridine rings is 1. The monoisotopic (exact) mass is 400 g/mol. The lowest BCUT2D eigenvalue weighted by atomic mass is 10.1. The van der Waals surface area contributed by atoms with Gasteiger partial charge in [0.2, 0.25) is 11.7 Å². The molecule has 0 aliphatic carbocycles. The molecule has 2 aromatic heterocycles. The highest BCUT2D eigenvalue weighted by molar-refractivity contribution is 6.30. The molecule has 0 atom stereocenters. The molecule has 3 amide bonds. The number of fused-ring (bicyclic) bond motifs is 1. The van der Waals surface area contributed by atoms with Gasteiger partial charge in [-0.1, -0.05) is 11.6 Å². The first-order chi connectivity index (χ1) is 13.3. The number of aromatic nitrogens is 1. The largest absolute Gasteiger partial charge is 0.449 e. The Morgan fingerprint density at radius 3 is 2.46 bits per heavy atom. The van der Waals surface area contributed by atoms with E-state index in [1.165, 1.54) is 24.1 Å². The highest BCUT2D eigenvalue weighted by Gasteiger charge is 2.23. The summed E-state index contributed by atoms with van der Waals surface area (Å²) in [4.78, 5) is 42.0. The molecule has 2 heterocycles. The van der Waals surface area contributed by atoms with Crippen LogP contribution in [0.1, 0.15) is 27.8 Å². The molecule has 3 aromatic rings. The van der Waals surface area contributed by atoms with Gasteiger partial charge >= 0.3 is 0 Å². The van der Waals surface area contributed by atoms with Crippen molar-refractivity contribution in [2.45, 2.75) is 6.92 Å². The van der Waals surface area contributed by atoms with Crippen molar-refractivity contribution in [3.8, 4) is 0 Å². The van der Waals surface area contributed by atoms with Gasteiger partial charge in [0.25, 0.3) is 11.8 Å². The van der Waals surface area contributed by atoms with Gasteiger partial charge in [-0.2, -0.15) is 0 Å². The summed E-state index contributed by atoms with van der Waals surface area (Å²) in [6.45, 7) is 1.32. The van der Waals surface area contributed by atoms with Crippen molar-refractivity contribution in [3.05, 3.63) is 52.9 Å². The fraction of sp³-hybridized carbons (Fsp3) is 0.158. The predicted molar refractivity (Wildman–Crippen MR) is 106 cm³/mol. The Kier molecular flexibility index (Phi) is 5.32. The van der Waals surface area contributed by atoms with Gasteiger partial charge in [-0.3, -0.25) is 14.4 Å². The van der Waals surface area contributed by atoms with Crippen LogP contribution in [0, 0.1) is 0 Å². The van der Waals surface area contributed by atoms with Crippen molar-refractivity contribution < 1.29 is 18.8 Å². The van der Waals surface area contributed by atoms with Crippen molar-refractivity contribution >= 4 is 51.8 Å². The number of rotatable bonds is 4. The Labute approximate surface area is 165 Å². The SMILES string of the molecule is CC(=O)Nc1c(C(=O)Nc2ccc(Cl)cn2)oc2ccc(C(=O)N(C)C)cc12. The molecule has 0 bridgehead atoms. The van der Waals surface area contributed by atoms with E-state index in [2.05, 4.69) is 15.6 Å². The number of carbonyl (C=O) groups is 3. The zero-order chi connectivity index (χ0) is 20.4. The van der Waals surface area contributed by atoms with E-state index in [1.54, 1.807) is 38.4 Å². The smallest absolute Gasteiger partial charge is 0.294 e. The Balaban J connectivity index is 2.05. The van der Waals surface area contributed by atoms with Crippen LogP contribution in [-0.2, 0) is 4.79 Å². The number of anilines is 2. The van der Waals surface area contributed by atoms with Crippen LogP contribution in [-0.4, -0.2) is 41.7 Å². The van der Waals surface area contributed by atoms with E-state index in [4.69, 9.17) is 16.0 Å². The Bertz CT molecular complexity index is 1070. The number of carbonyl (C=O) groups excluding carboxylic acids is 3. The van der Waals surface area contributed by atoms with Gasteiger partial charge in [0.1, 0.15) is 17.1 Å². The van der Waals surface area contributed by atoms with Crippen LogP contribution in [0.3, 0.4) is 0 Å². The normalized spacial score (nSPS) is 10.6. The first-order valence-corrected chi connectivity index (χ1v) is 8.62. The van der Waals surface area contributed by atoms with Crippen LogP contribution in [0.2, 0.25) is 5.02 Å². The molecule has 1 aromatic carbocycles. The van der Waals surface area contributed by atoms with Crippen molar-refractivity contribution in [3.63, 3.8) is 0 Å². The first kappa shape index (κ1) is 19.4. The summed E-state index contributed by atoms with van der Waals surface area (Å²) >= 11 is 5.79. The van der Waals surface area contributed by atoms with Crippen LogP contribution >= 0.6 is 11.6 Å². The summed E-state index contributed by atoms with van der Waals surface area (Å²) in [5.41, 5.74) is 0.937. The van der Waals surface area contributed by atoms with E-state index in [-0.39, 0.29) is 29.1 Å². The molecule has 0 saturated heterocycles. The molecule has 0 spiro atoms. The molecule has 9 heteroatoms. The number of benzene rings is 1. The molecule has 0 saturated carbocycles. The average Bonchev–Trinajstić information content (AvgIpc) is 3.00. The Morgan fingerprint density at radius 1 is 1.11 bits per heavy atom.